The van der Waals surface area contributed by atoms with E-state index >= 15 is 0 Å². The molecule has 2 aliphatic rings. The fraction of sp³-hybridized carbons (Fsp3) is 0.462. The molecule has 1 fully saturated rings. The standard InChI is InChI=1S/C26H32FN3O3/c1-25(2,3)24(32)33-29-14-12-28(13-15-29)20-10-7-11-21-22(20)26(4,5)23(31)30(21)17-18-8-6-9-19(27)16-18/h6-11,16H,12-15,17H2,1-5H3. The number of anilines is 2. The van der Waals surface area contributed by atoms with Gasteiger partial charge in [-0.2, -0.15) is 0 Å². The molecule has 0 spiro atoms. The Hall–Kier alpha value is -2.93. The minimum atomic E-state index is -0.699. The van der Waals surface area contributed by atoms with Crippen LogP contribution in [0.15, 0.2) is 42.5 Å². The third-order valence-electron chi connectivity index (χ3n) is 6.35. The lowest BCUT2D eigenvalue weighted by Gasteiger charge is -2.37. The van der Waals surface area contributed by atoms with Crippen molar-refractivity contribution in [2.24, 2.45) is 5.41 Å². The minimum Gasteiger partial charge on any atom is -0.368 e. The molecule has 1 amide bonds. The van der Waals surface area contributed by atoms with Crippen LogP contribution in [-0.4, -0.2) is 43.1 Å². The van der Waals surface area contributed by atoms with E-state index in [1.165, 1.54) is 12.1 Å². The van der Waals surface area contributed by atoms with E-state index in [0.717, 1.165) is 22.5 Å². The van der Waals surface area contributed by atoms with Crippen molar-refractivity contribution in [3.05, 3.63) is 59.4 Å². The molecule has 2 aliphatic heterocycles. The van der Waals surface area contributed by atoms with Gasteiger partial charge in [0.2, 0.25) is 5.91 Å². The number of nitrogens with zero attached hydrogens (tertiary/aromatic N) is 3. The highest BCUT2D eigenvalue weighted by Crippen LogP contribution is 2.47. The number of halogens is 1. The number of amides is 1. The summed E-state index contributed by atoms with van der Waals surface area (Å²) < 4.78 is 13.7. The lowest BCUT2D eigenvalue weighted by Crippen LogP contribution is -2.48. The molecule has 2 heterocycles. The van der Waals surface area contributed by atoms with Gasteiger partial charge in [-0.25, -0.2) is 9.18 Å². The van der Waals surface area contributed by atoms with Gasteiger partial charge in [0.25, 0.3) is 0 Å². The summed E-state index contributed by atoms with van der Waals surface area (Å²) in [5, 5.41) is 1.72. The predicted molar refractivity (Wildman–Crippen MR) is 126 cm³/mol. The van der Waals surface area contributed by atoms with Crippen LogP contribution >= 0.6 is 0 Å². The van der Waals surface area contributed by atoms with Crippen LogP contribution < -0.4 is 9.80 Å². The first-order valence-electron chi connectivity index (χ1n) is 11.4. The number of fused-ring (bicyclic) bond motifs is 1. The van der Waals surface area contributed by atoms with Crippen molar-refractivity contribution in [3.63, 3.8) is 0 Å². The van der Waals surface area contributed by atoms with Crippen molar-refractivity contribution in [2.75, 3.05) is 36.0 Å². The van der Waals surface area contributed by atoms with Gasteiger partial charge in [0.1, 0.15) is 5.82 Å². The van der Waals surface area contributed by atoms with E-state index in [4.69, 9.17) is 4.84 Å². The first kappa shape index (κ1) is 23.2. The van der Waals surface area contributed by atoms with Crippen LogP contribution in [0.4, 0.5) is 15.8 Å². The Morgan fingerprint density at radius 2 is 1.67 bits per heavy atom. The van der Waals surface area contributed by atoms with Crippen LogP contribution in [0.3, 0.4) is 0 Å². The summed E-state index contributed by atoms with van der Waals surface area (Å²) in [6, 6.07) is 12.4. The second kappa shape index (κ2) is 8.45. The maximum atomic E-state index is 13.7. The maximum absolute atomic E-state index is 13.7. The zero-order valence-corrected chi connectivity index (χ0v) is 20.0. The van der Waals surface area contributed by atoms with Crippen molar-refractivity contribution in [2.45, 2.75) is 46.6 Å². The zero-order chi connectivity index (χ0) is 24.0. The first-order valence-corrected chi connectivity index (χ1v) is 11.4. The van der Waals surface area contributed by atoms with E-state index in [2.05, 4.69) is 11.0 Å². The van der Waals surface area contributed by atoms with E-state index in [-0.39, 0.29) is 17.7 Å². The van der Waals surface area contributed by atoms with Crippen molar-refractivity contribution in [1.29, 1.82) is 0 Å². The molecule has 0 atom stereocenters. The second-order valence-corrected chi connectivity index (χ2v) is 10.4. The van der Waals surface area contributed by atoms with Crippen LogP contribution in [0.2, 0.25) is 0 Å². The lowest BCUT2D eigenvalue weighted by molar-refractivity contribution is -0.201. The molecule has 0 unspecified atom stereocenters. The Bertz CT molecular complexity index is 1070. The largest absolute Gasteiger partial charge is 0.368 e. The van der Waals surface area contributed by atoms with Crippen molar-refractivity contribution in [3.8, 4) is 0 Å². The number of piperazine rings is 1. The third-order valence-corrected chi connectivity index (χ3v) is 6.35. The fourth-order valence-electron chi connectivity index (χ4n) is 4.46. The first-order chi connectivity index (χ1) is 15.5. The Labute approximate surface area is 194 Å². The molecule has 0 bridgehead atoms. The van der Waals surface area contributed by atoms with E-state index in [9.17, 15) is 14.0 Å². The molecule has 0 radical (unpaired) electrons. The second-order valence-electron chi connectivity index (χ2n) is 10.4. The normalized spacial score (nSPS) is 18.4. The van der Waals surface area contributed by atoms with Crippen LogP contribution in [0.25, 0.3) is 0 Å². The molecule has 6 nitrogen and oxygen atoms in total. The summed E-state index contributed by atoms with van der Waals surface area (Å²) >= 11 is 0. The van der Waals surface area contributed by atoms with Gasteiger partial charge in [-0.05, 0) is 64.4 Å². The number of benzene rings is 2. The van der Waals surface area contributed by atoms with Gasteiger partial charge in [-0.1, -0.05) is 18.2 Å². The number of carbonyl (C=O) groups is 2. The monoisotopic (exact) mass is 453 g/mol. The van der Waals surface area contributed by atoms with Gasteiger partial charge in [0.05, 0.1) is 36.2 Å². The summed E-state index contributed by atoms with van der Waals surface area (Å²) in [7, 11) is 0. The van der Waals surface area contributed by atoms with E-state index < -0.39 is 10.8 Å². The number of rotatable bonds is 4. The van der Waals surface area contributed by atoms with Gasteiger partial charge in [-0.15, -0.1) is 5.06 Å². The number of hydrogen-bond donors (Lipinski definition) is 0. The Kier molecular flexibility index (Phi) is 5.95. The number of hydrogen-bond acceptors (Lipinski definition) is 5. The van der Waals surface area contributed by atoms with E-state index in [1.807, 2.05) is 52.8 Å². The minimum absolute atomic E-state index is 0.00644. The molecular formula is C26H32FN3O3. The number of carbonyl (C=O) groups excluding carboxylic acids is 2. The highest BCUT2D eigenvalue weighted by atomic mass is 19.1. The molecule has 1 saturated heterocycles. The average Bonchev–Trinajstić information content (AvgIpc) is 2.94. The quantitative estimate of drug-likeness (QED) is 0.692. The van der Waals surface area contributed by atoms with Crippen LogP contribution in [-0.2, 0) is 26.4 Å². The third kappa shape index (κ3) is 4.47. The van der Waals surface area contributed by atoms with Gasteiger partial charge >= 0.3 is 5.97 Å². The molecule has 7 heteroatoms. The Balaban J connectivity index is 1.56. The molecule has 2 aromatic carbocycles. The summed E-state index contributed by atoms with van der Waals surface area (Å²) in [6.07, 6.45) is 0. The maximum Gasteiger partial charge on any atom is 0.330 e. The van der Waals surface area contributed by atoms with Gasteiger partial charge in [-0.3, -0.25) is 4.79 Å². The molecule has 2 aromatic rings. The highest BCUT2D eigenvalue weighted by Gasteiger charge is 2.46. The molecule has 0 aromatic heterocycles. The van der Waals surface area contributed by atoms with Crippen LogP contribution in [0, 0.1) is 11.2 Å². The van der Waals surface area contributed by atoms with Crippen molar-refractivity contribution < 1.29 is 18.8 Å². The van der Waals surface area contributed by atoms with Crippen molar-refractivity contribution >= 4 is 23.3 Å². The molecule has 176 valence electrons. The lowest BCUT2D eigenvalue weighted by atomic mass is 9.84. The smallest absolute Gasteiger partial charge is 0.330 e. The zero-order valence-electron chi connectivity index (χ0n) is 20.0. The van der Waals surface area contributed by atoms with Crippen LogP contribution in [0.1, 0.15) is 45.7 Å². The number of hydroxylamine groups is 2. The average molecular weight is 454 g/mol. The predicted octanol–water partition coefficient (Wildman–Crippen LogP) is 4.28. The van der Waals surface area contributed by atoms with Crippen molar-refractivity contribution in [1.82, 2.24) is 5.06 Å². The highest BCUT2D eigenvalue weighted by molar-refractivity contribution is 6.09. The summed E-state index contributed by atoms with van der Waals surface area (Å²) in [5.41, 5.74) is 2.39. The van der Waals surface area contributed by atoms with E-state index in [1.54, 1.807) is 16.0 Å². The molecule has 4 rings (SSSR count). The molecule has 0 saturated carbocycles. The van der Waals surface area contributed by atoms with Crippen LogP contribution in [0.5, 0.6) is 0 Å². The molecular weight excluding hydrogens is 421 g/mol. The summed E-state index contributed by atoms with van der Waals surface area (Å²) in [6.45, 7) is 12.3. The van der Waals surface area contributed by atoms with E-state index in [0.29, 0.717) is 32.7 Å². The van der Waals surface area contributed by atoms with Gasteiger partial charge in [0, 0.05) is 24.3 Å². The summed E-state index contributed by atoms with van der Waals surface area (Å²) in [4.78, 5) is 35.2. The summed E-state index contributed by atoms with van der Waals surface area (Å²) in [5.74, 6) is -0.541. The topological polar surface area (TPSA) is 53.1 Å². The van der Waals surface area contributed by atoms with Gasteiger partial charge in [0.15, 0.2) is 0 Å². The fourth-order valence-corrected chi connectivity index (χ4v) is 4.46. The van der Waals surface area contributed by atoms with Gasteiger partial charge < -0.3 is 14.6 Å². The SMILES string of the molecule is CC(C)(C)C(=O)ON1CCN(c2cccc3c2C(C)(C)C(=O)N3Cc2cccc(F)c2)CC1. The Morgan fingerprint density at radius 1 is 1.03 bits per heavy atom. The Morgan fingerprint density at radius 3 is 2.30 bits per heavy atom. The molecule has 33 heavy (non-hydrogen) atoms. The molecule has 0 aliphatic carbocycles. The molecule has 0 N–H and O–H groups in total.